The second-order valence-electron chi connectivity index (χ2n) is 6.28. The van der Waals surface area contributed by atoms with Gasteiger partial charge in [-0.25, -0.2) is 4.79 Å². The lowest BCUT2D eigenvalue weighted by molar-refractivity contribution is 0.0525. The molecule has 2 rings (SSSR count). The highest BCUT2D eigenvalue weighted by atomic mass is 16.6. The van der Waals surface area contributed by atoms with Gasteiger partial charge in [-0.15, -0.1) is 0 Å². The number of aromatic nitrogens is 2. The van der Waals surface area contributed by atoms with Gasteiger partial charge in [-0.3, -0.25) is 4.68 Å². The number of alkyl carbamates (subject to hydrolysis) is 1. The number of nitrogens with one attached hydrogen (secondary N) is 1. The summed E-state index contributed by atoms with van der Waals surface area (Å²) >= 11 is 0. The largest absolute Gasteiger partial charge is 0.444 e. The van der Waals surface area contributed by atoms with Crippen LogP contribution in [0.3, 0.4) is 0 Å². The third kappa shape index (κ3) is 5.41. The van der Waals surface area contributed by atoms with E-state index in [0.717, 1.165) is 16.7 Å². The van der Waals surface area contributed by atoms with Gasteiger partial charge < -0.3 is 15.2 Å². The molecule has 0 aliphatic carbocycles. The molecule has 0 saturated carbocycles. The Morgan fingerprint density at radius 3 is 2.83 bits per heavy atom. The summed E-state index contributed by atoms with van der Waals surface area (Å²) in [6.07, 6.45) is 3.25. The number of nitrogens with zero attached hydrogens (tertiary/aromatic N) is 2. The maximum absolute atomic E-state index is 11.6. The number of benzene rings is 1. The van der Waals surface area contributed by atoms with E-state index in [1.165, 1.54) is 0 Å². The fourth-order valence-corrected chi connectivity index (χ4v) is 2.07. The maximum Gasteiger partial charge on any atom is 0.407 e. The number of amides is 1. The fraction of sp³-hybridized carbons (Fsp3) is 0.412. The molecule has 6 nitrogen and oxygen atoms in total. The molecule has 0 spiro atoms. The molecule has 0 bridgehead atoms. The van der Waals surface area contributed by atoms with Gasteiger partial charge in [0.1, 0.15) is 5.60 Å². The van der Waals surface area contributed by atoms with Crippen LogP contribution in [-0.2, 0) is 17.9 Å². The van der Waals surface area contributed by atoms with Gasteiger partial charge in [-0.05, 0) is 38.0 Å². The fourth-order valence-electron chi connectivity index (χ4n) is 2.07. The zero-order chi connectivity index (χ0) is 16.9. The van der Waals surface area contributed by atoms with Gasteiger partial charge in [0.15, 0.2) is 0 Å². The van der Waals surface area contributed by atoms with Crippen LogP contribution in [0.1, 0.15) is 26.3 Å². The Morgan fingerprint density at radius 2 is 2.13 bits per heavy atom. The lowest BCUT2D eigenvalue weighted by Crippen LogP contribution is -2.34. The van der Waals surface area contributed by atoms with Crippen molar-refractivity contribution in [3.05, 3.63) is 42.2 Å². The molecule has 0 aliphatic heterocycles. The molecule has 0 radical (unpaired) electrons. The Bertz CT molecular complexity index is 659. The van der Waals surface area contributed by atoms with Gasteiger partial charge in [0.2, 0.25) is 0 Å². The van der Waals surface area contributed by atoms with Crippen molar-refractivity contribution in [3.63, 3.8) is 0 Å². The van der Waals surface area contributed by atoms with E-state index in [9.17, 15) is 9.90 Å². The smallest absolute Gasteiger partial charge is 0.407 e. The number of aliphatic hydroxyl groups excluding tert-OH is 1. The molecule has 2 N–H and O–H groups in total. The van der Waals surface area contributed by atoms with Crippen LogP contribution in [-0.4, -0.2) is 33.1 Å². The van der Waals surface area contributed by atoms with Crippen molar-refractivity contribution < 1.29 is 14.6 Å². The standard InChI is InChI=1S/C17H23N3O3/c1-17(2,3)23-16(22)18-7-8-20-11-15(10-19-20)14-6-4-5-13(9-14)12-21/h4-6,9-11,21H,7-8,12H2,1-3H3,(H,18,22). The first-order valence-corrected chi connectivity index (χ1v) is 7.57. The molecule has 0 fully saturated rings. The Balaban J connectivity index is 1.89. The van der Waals surface area contributed by atoms with Gasteiger partial charge >= 0.3 is 6.09 Å². The Kier molecular flexibility index (Phi) is 5.39. The topological polar surface area (TPSA) is 76.4 Å². The zero-order valence-electron chi connectivity index (χ0n) is 13.7. The third-order valence-corrected chi connectivity index (χ3v) is 3.09. The minimum atomic E-state index is -0.499. The SMILES string of the molecule is CC(C)(C)OC(=O)NCCn1cc(-c2cccc(CO)c2)cn1. The first-order valence-electron chi connectivity index (χ1n) is 7.57. The third-order valence-electron chi connectivity index (χ3n) is 3.09. The summed E-state index contributed by atoms with van der Waals surface area (Å²) in [6, 6.07) is 7.68. The molecule has 0 atom stereocenters. The van der Waals surface area contributed by atoms with Gasteiger partial charge in [-0.1, -0.05) is 18.2 Å². The second-order valence-corrected chi connectivity index (χ2v) is 6.28. The lowest BCUT2D eigenvalue weighted by atomic mass is 10.1. The summed E-state index contributed by atoms with van der Waals surface area (Å²) in [4.78, 5) is 11.6. The van der Waals surface area contributed by atoms with E-state index in [4.69, 9.17) is 4.74 Å². The predicted octanol–water partition coefficient (Wildman–Crippen LogP) is 2.57. The number of aliphatic hydroxyl groups is 1. The van der Waals surface area contributed by atoms with Crippen LogP contribution in [0.5, 0.6) is 0 Å². The highest BCUT2D eigenvalue weighted by molar-refractivity contribution is 5.67. The number of rotatable bonds is 5. The minimum Gasteiger partial charge on any atom is -0.444 e. The minimum absolute atomic E-state index is 0.0157. The van der Waals surface area contributed by atoms with Crippen molar-refractivity contribution in [1.29, 1.82) is 0 Å². The second kappa shape index (κ2) is 7.28. The molecule has 1 heterocycles. The highest BCUT2D eigenvalue weighted by Gasteiger charge is 2.15. The quantitative estimate of drug-likeness (QED) is 0.888. The van der Waals surface area contributed by atoms with Gasteiger partial charge in [-0.2, -0.15) is 5.10 Å². The monoisotopic (exact) mass is 317 g/mol. The Hall–Kier alpha value is -2.34. The average molecular weight is 317 g/mol. The summed E-state index contributed by atoms with van der Waals surface area (Å²) in [5, 5.41) is 16.2. The predicted molar refractivity (Wildman–Crippen MR) is 87.8 cm³/mol. The molecule has 6 heteroatoms. The summed E-state index contributed by atoms with van der Waals surface area (Å²) in [5.74, 6) is 0. The Morgan fingerprint density at radius 1 is 1.35 bits per heavy atom. The van der Waals surface area contributed by atoms with E-state index in [0.29, 0.717) is 13.1 Å². The van der Waals surface area contributed by atoms with Gasteiger partial charge in [0, 0.05) is 18.3 Å². The molecular weight excluding hydrogens is 294 g/mol. The Labute approximate surface area is 136 Å². The lowest BCUT2D eigenvalue weighted by Gasteiger charge is -2.19. The van der Waals surface area contributed by atoms with E-state index in [-0.39, 0.29) is 6.61 Å². The zero-order valence-corrected chi connectivity index (χ0v) is 13.7. The number of hydrogen-bond acceptors (Lipinski definition) is 4. The van der Waals surface area contributed by atoms with Crippen molar-refractivity contribution >= 4 is 6.09 Å². The number of hydrogen-bond donors (Lipinski definition) is 2. The average Bonchev–Trinajstić information content (AvgIpc) is 2.94. The number of carbonyl (C=O) groups excluding carboxylic acids is 1. The summed E-state index contributed by atoms with van der Waals surface area (Å²) in [7, 11) is 0. The molecule has 23 heavy (non-hydrogen) atoms. The van der Waals surface area contributed by atoms with Crippen LogP contribution in [0.15, 0.2) is 36.7 Å². The van der Waals surface area contributed by atoms with Gasteiger partial charge in [0.25, 0.3) is 0 Å². The van der Waals surface area contributed by atoms with Crippen LogP contribution >= 0.6 is 0 Å². The van der Waals surface area contributed by atoms with Crippen molar-refractivity contribution in [1.82, 2.24) is 15.1 Å². The number of carbonyl (C=O) groups is 1. The van der Waals surface area contributed by atoms with Crippen molar-refractivity contribution in [3.8, 4) is 11.1 Å². The van der Waals surface area contributed by atoms with Crippen molar-refractivity contribution in [2.75, 3.05) is 6.54 Å². The van der Waals surface area contributed by atoms with Gasteiger partial charge in [0.05, 0.1) is 19.3 Å². The molecule has 0 aliphatic rings. The van der Waals surface area contributed by atoms with Crippen LogP contribution in [0.25, 0.3) is 11.1 Å². The van der Waals surface area contributed by atoms with E-state index in [1.807, 2.05) is 51.2 Å². The summed E-state index contributed by atoms with van der Waals surface area (Å²) in [5.41, 5.74) is 2.34. The molecule has 1 aromatic heterocycles. The molecule has 1 amide bonds. The van der Waals surface area contributed by atoms with Crippen molar-refractivity contribution in [2.24, 2.45) is 0 Å². The summed E-state index contributed by atoms with van der Waals surface area (Å²) in [6.45, 7) is 6.49. The van der Waals surface area contributed by atoms with Crippen molar-refractivity contribution in [2.45, 2.75) is 39.5 Å². The highest BCUT2D eigenvalue weighted by Crippen LogP contribution is 2.19. The molecule has 2 aromatic rings. The molecule has 0 unspecified atom stereocenters. The van der Waals surface area contributed by atoms with Crippen LogP contribution in [0.2, 0.25) is 0 Å². The van der Waals surface area contributed by atoms with Crippen LogP contribution < -0.4 is 5.32 Å². The van der Waals surface area contributed by atoms with E-state index < -0.39 is 11.7 Å². The molecular formula is C17H23N3O3. The van der Waals surface area contributed by atoms with E-state index in [2.05, 4.69) is 10.4 Å². The molecule has 1 aromatic carbocycles. The van der Waals surface area contributed by atoms with E-state index in [1.54, 1.807) is 10.9 Å². The number of ether oxygens (including phenoxy) is 1. The summed E-state index contributed by atoms with van der Waals surface area (Å²) < 4.78 is 6.93. The normalized spacial score (nSPS) is 11.3. The molecule has 124 valence electrons. The van der Waals surface area contributed by atoms with E-state index >= 15 is 0 Å². The molecule has 0 saturated heterocycles. The first-order chi connectivity index (χ1) is 10.9. The van der Waals surface area contributed by atoms with Crippen LogP contribution in [0.4, 0.5) is 4.79 Å². The maximum atomic E-state index is 11.6. The van der Waals surface area contributed by atoms with Crippen LogP contribution in [0, 0.1) is 0 Å². The first kappa shape index (κ1) is 17.0.